The van der Waals surface area contributed by atoms with Crippen LogP contribution in [0.1, 0.15) is 31.8 Å². The van der Waals surface area contributed by atoms with Crippen molar-refractivity contribution in [2.75, 3.05) is 12.4 Å². The first kappa shape index (κ1) is 33.8. The third kappa shape index (κ3) is 7.65. The summed E-state index contributed by atoms with van der Waals surface area (Å²) >= 11 is 0.900. The highest BCUT2D eigenvalue weighted by molar-refractivity contribution is 14.1. The molecule has 0 aliphatic heterocycles. The minimum absolute atomic E-state index is 0.0411. The molecular weight excluding hydrogens is 696 g/mol. The normalized spacial score (nSPS) is 12.2. The predicted molar refractivity (Wildman–Crippen MR) is 133 cm³/mol. The van der Waals surface area contributed by atoms with Gasteiger partial charge >= 0.3 is 24.2 Å². The van der Waals surface area contributed by atoms with Crippen molar-refractivity contribution in [1.82, 2.24) is 5.32 Å². The van der Waals surface area contributed by atoms with Crippen LogP contribution in [0.2, 0.25) is 0 Å². The molecule has 16 heteroatoms. The summed E-state index contributed by atoms with van der Waals surface area (Å²) in [5.74, 6) is -2.66. The SMILES string of the molecule is CNC(=O)c1ccccc1.O=C(Nc1c(I)cc(C(F)(C(F)(F)F)C(F)(F)F)cc1C(F)(F)F)c1ccccc1F. The van der Waals surface area contributed by atoms with Crippen molar-refractivity contribution in [2.45, 2.75) is 24.2 Å². The first-order valence-corrected chi connectivity index (χ1v) is 11.9. The molecule has 2 amide bonds. The Morgan fingerprint density at radius 3 is 1.71 bits per heavy atom. The minimum atomic E-state index is -6.64. The van der Waals surface area contributed by atoms with Crippen LogP contribution in [0.5, 0.6) is 0 Å². The lowest BCUT2D eigenvalue weighted by molar-refractivity contribution is -0.348. The average Bonchev–Trinajstić information content (AvgIpc) is 2.87. The molecule has 0 bridgehead atoms. The molecule has 0 aliphatic rings. The van der Waals surface area contributed by atoms with Crippen LogP contribution in [-0.4, -0.2) is 31.2 Å². The van der Waals surface area contributed by atoms with E-state index in [1.54, 1.807) is 24.5 Å². The summed E-state index contributed by atoms with van der Waals surface area (Å²) < 4.78 is 145. The standard InChI is InChI=1S/C17H7F11INO.C8H9NO/c18-10-4-2-1-3-8(10)13(31)30-12-9(15(20,21)22)5-7(6-11(12)29)14(19,16(23,24)25)17(26,27)28;1-9-8(10)7-5-3-2-4-6-7/h1-6H,(H,30,31);2-6H,1H3,(H,9,10). The smallest absolute Gasteiger partial charge is 0.355 e. The first-order valence-electron chi connectivity index (χ1n) is 10.8. The van der Waals surface area contributed by atoms with Crippen molar-refractivity contribution in [3.63, 3.8) is 0 Å². The number of nitrogens with one attached hydrogen (secondary N) is 2. The molecule has 2 N–H and O–H groups in total. The zero-order valence-electron chi connectivity index (χ0n) is 20.2. The van der Waals surface area contributed by atoms with Crippen molar-refractivity contribution in [3.05, 3.63) is 98.4 Å². The molecule has 0 radical (unpaired) electrons. The summed E-state index contributed by atoms with van der Waals surface area (Å²) in [5.41, 5.74) is -12.0. The van der Waals surface area contributed by atoms with Gasteiger partial charge in [-0.15, -0.1) is 0 Å². The molecule has 0 fully saturated rings. The Bertz CT molecular complexity index is 1380. The molecule has 3 rings (SSSR count). The summed E-state index contributed by atoms with van der Waals surface area (Å²) in [4.78, 5) is 23.0. The Hall–Kier alpha value is -3.44. The van der Waals surface area contributed by atoms with Crippen LogP contribution in [-0.2, 0) is 11.8 Å². The lowest BCUT2D eigenvalue weighted by Crippen LogP contribution is -2.50. The van der Waals surface area contributed by atoms with E-state index in [1.807, 2.05) is 18.2 Å². The molecule has 0 spiro atoms. The number of hydrogen-bond acceptors (Lipinski definition) is 2. The van der Waals surface area contributed by atoms with Gasteiger partial charge in [-0.25, -0.2) is 8.78 Å². The van der Waals surface area contributed by atoms with E-state index in [4.69, 9.17) is 0 Å². The van der Waals surface area contributed by atoms with Gasteiger partial charge in [-0.2, -0.15) is 39.5 Å². The molecular formula is C25H16F11IN2O2. The van der Waals surface area contributed by atoms with Crippen LogP contribution in [0.25, 0.3) is 0 Å². The molecule has 0 aromatic heterocycles. The summed E-state index contributed by atoms with van der Waals surface area (Å²) in [6.07, 6.45) is -18.9. The number of carbonyl (C=O) groups excluding carboxylic acids is 2. The molecule has 0 aliphatic carbocycles. The highest BCUT2D eigenvalue weighted by Gasteiger charge is 2.73. The van der Waals surface area contributed by atoms with Crippen molar-refractivity contribution in [3.8, 4) is 0 Å². The third-order valence-electron chi connectivity index (χ3n) is 5.19. The fraction of sp³-hybridized carbons (Fsp3) is 0.200. The molecule has 222 valence electrons. The fourth-order valence-corrected chi connectivity index (χ4v) is 3.97. The predicted octanol–water partition coefficient (Wildman–Crippen LogP) is 8.04. The van der Waals surface area contributed by atoms with Gasteiger partial charge in [0.2, 0.25) is 0 Å². The summed E-state index contributed by atoms with van der Waals surface area (Å²) in [7, 11) is 1.62. The number of benzene rings is 3. The largest absolute Gasteiger partial charge is 0.435 e. The van der Waals surface area contributed by atoms with Gasteiger partial charge in [-0.1, -0.05) is 30.3 Å². The Kier molecular flexibility index (Phi) is 10.4. The fourth-order valence-electron chi connectivity index (χ4n) is 3.20. The molecule has 0 saturated carbocycles. The van der Waals surface area contributed by atoms with Crippen LogP contribution >= 0.6 is 22.6 Å². The van der Waals surface area contributed by atoms with Gasteiger partial charge in [0.1, 0.15) is 5.82 Å². The second-order valence-electron chi connectivity index (χ2n) is 7.91. The van der Waals surface area contributed by atoms with Gasteiger partial charge < -0.3 is 10.6 Å². The number of hydrogen-bond donors (Lipinski definition) is 2. The Labute approximate surface area is 238 Å². The molecule has 3 aromatic carbocycles. The second kappa shape index (κ2) is 12.6. The maximum Gasteiger partial charge on any atom is 0.435 e. The van der Waals surface area contributed by atoms with Crippen LogP contribution in [0, 0.1) is 9.39 Å². The first-order chi connectivity index (χ1) is 18.8. The highest BCUT2D eigenvalue weighted by Crippen LogP contribution is 2.54. The highest BCUT2D eigenvalue weighted by atomic mass is 127. The van der Waals surface area contributed by atoms with E-state index in [2.05, 4.69) is 5.32 Å². The molecule has 4 nitrogen and oxygen atoms in total. The van der Waals surface area contributed by atoms with Crippen molar-refractivity contribution >= 4 is 40.1 Å². The van der Waals surface area contributed by atoms with Gasteiger partial charge in [0, 0.05) is 21.7 Å². The Balaban J connectivity index is 0.000000493. The van der Waals surface area contributed by atoms with Crippen LogP contribution in [0.3, 0.4) is 0 Å². The van der Waals surface area contributed by atoms with Gasteiger partial charge in [0.15, 0.2) is 0 Å². The third-order valence-corrected chi connectivity index (χ3v) is 6.05. The van der Waals surface area contributed by atoms with E-state index in [1.165, 1.54) is 0 Å². The second-order valence-corrected chi connectivity index (χ2v) is 9.07. The van der Waals surface area contributed by atoms with Crippen molar-refractivity contribution in [1.29, 1.82) is 0 Å². The number of rotatable bonds is 4. The number of carbonyl (C=O) groups is 2. The van der Waals surface area contributed by atoms with Crippen LogP contribution in [0.15, 0.2) is 66.7 Å². The van der Waals surface area contributed by atoms with E-state index >= 15 is 0 Å². The zero-order valence-corrected chi connectivity index (χ0v) is 22.4. The number of alkyl halides is 10. The Morgan fingerprint density at radius 1 is 0.732 bits per heavy atom. The van der Waals surface area contributed by atoms with Crippen LogP contribution in [0.4, 0.5) is 54.0 Å². The summed E-state index contributed by atoms with van der Waals surface area (Å²) in [5, 5.41) is 4.15. The maximum atomic E-state index is 14.2. The lowest BCUT2D eigenvalue weighted by atomic mass is 9.92. The molecule has 0 heterocycles. The van der Waals surface area contributed by atoms with Gasteiger partial charge in [0.05, 0.1) is 16.8 Å². The molecule has 0 unspecified atom stereocenters. The lowest BCUT2D eigenvalue weighted by Gasteiger charge is -2.31. The number of halogens is 12. The minimum Gasteiger partial charge on any atom is -0.355 e. The van der Waals surface area contributed by atoms with Crippen molar-refractivity contribution < 1.29 is 57.9 Å². The van der Waals surface area contributed by atoms with Gasteiger partial charge in [-0.05, 0) is 59.0 Å². The molecule has 41 heavy (non-hydrogen) atoms. The van der Waals surface area contributed by atoms with Gasteiger partial charge in [-0.3, -0.25) is 9.59 Å². The van der Waals surface area contributed by atoms with E-state index in [-0.39, 0.29) is 12.0 Å². The average molecular weight is 712 g/mol. The van der Waals surface area contributed by atoms with E-state index in [0.717, 1.165) is 46.9 Å². The van der Waals surface area contributed by atoms with Crippen molar-refractivity contribution in [2.24, 2.45) is 0 Å². The maximum absolute atomic E-state index is 14.2. The van der Waals surface area contributed by atoms with E-state index in [9.17, 15) is 57.9 Å². The Morgan fingerprint density at radius 2 is 1.24 bits per heavy atom. The number of anilines is 1. The topological polar surface area (TPSA) is 58.2 Å². The summed E-state index contributed by atoms with van der Waals surface area (Å²) in [6, 6.07) is 12.3. The molecule has 0 saturated heterocycles. The van der Waals surface area contributed by atoms with Crippen LogP contribution < -0.4 is 10.6 Å². The van der Waals surface area contributed by atoms with Gasteiger partial charge in [0.25, 0.3) is 11.8 Å². The number of amides is 2. The van der Waals surface area contributed by atoms with E-state index in [0.29, 0.717) is 5.56 Å². The quantitative estimate of drug-likeness (QED) is 0.213. The summed E-state index contributed by atoms with van der Waals surface area (Å²) in [6.45, 7) is 0. The molecule has 3 aromatic rings. The monoisotopic (exact) mass is 712 g/mol. The molecule has 0 atom stereocenters. The zero-order chi connectivity index (χ0) is 31.4. The van der Waals surface area contributed by atoms with E-state index < -0.39 is 67.9 Å².